The van der Waals surface area contributed by atoms with Crippen molar-refractivity contribution >= 4 is 16.8 Å². The molecule has 1 rings (SSSR count). The van der Waals surface area contributed by atoms with Gasteiger partial charge in [-0.3, -0.25) is 4.79 Å². The quantitative estimate of drug-likeness (QED) is 0.579. The molecule has 1 aromatic rings. The zero-order valence-corrected chi connectivity index (χ0v) is 9.54. The summed E-state index contributed by atoms with van der Waals surface area (Å²) in [6.07, 6.45) is 3.84. The first-order chi connectivity index (χ1) is 7.15. The Morgan fingerprint density at radius 3 is 2.80 bits per heavy atom. The van der Waals surface area contributed by atoms with Crippen molar-refractivity contribution in [3.63, 3.8) is 0 Å². The zero-order chi connectivity index (χ0) is 11.3. The second-order valence-corrected chi connectivity index (χ2v) is 3.48. The Morgan fingerprint density at radius 2 is 2.27 bits per heavy atom. The highest BCUT2D eigenvalue weighted by molar-refractivity contribution is 6.67. The molecule has 0 spiro atoms. The lowest BCUT2D eigenvalue weighted by Gasteiger charge is -2.07. The van der Waals surface area contributed by atoms with Gasteiger partial charge < -0.3 is 4.74 Å². The van der Waals surface area contributed by atoms with E-state index in [9.17, 15) is 4.79 Å². The van der Waals surface area contributed by atoms with Crippen molar-refractivity contribution in [1.29, 1.82) is 0 Å². The van der Waals surface area contributed by atoms with Gasteiger partial charge >= 0.3 is 0 Å². The Kier molecular flexibility index (Phi) is 4.37. The molecule has 0 bridgehead atoms. The standard InChI is InChI=1S/C12H13ClO2/c1-3-4-7-15-11-6-5-10(12(13)14)8-9(11)2/h3-6,8H,7H2,1-2H3. The van der Waals surface area contributed by atoms with Crippen LogP contribution in [0, 0.1) is 6.92 Å². The molecule has 0 heterocycles. The van der Waals surface area contributed by atoms with Crippen LogP contribution in [-0.2, 0) is 0 Å². The van der Waals surface area contributed by atoms with Crippen molar-refractivity contribution in [3.05, 3.63) is 41.5 Å². The lowest BCUT2D eigenvalue weighted by molar-refractivity contribution is 0.108. The van der Waals surface area contributed by atoms with Gasteiger partial charge in [0.05, 0.1) is 0 Å². The van der Waals surface area contributed by atoms with E-state index in [1.54, 1.807) is 18.2 Å². The van der Waals surface area contributed by atoms with Crippen LogP contribution < -0.4 is 4.74 Å². The third-order valence-electron chi connectivity index (χ3n) is 1.97. The lowest BCUT2D eigenvalue weighted by atomic mass is 10.1. The summed E-state index contributed by atoms with van der Waals surface area (Å²) in [6.45, 7) is 4.35. The molecular formula is C12H13ClO2. The monoisotopic (exact) mass is 224 g/mol. The smallest absolute Gasteiger partial charge is 0.252 e. The molecule has 0 atom stereocenters. The first-order valence-electron chi connectivity index (χ1n) is 4.69. The summed E-state index contributed by atoms with van der Waals surface area (Å²) in [5, 5.41) is -0.446. The van der Waals surface area contributed by atoms with Crippen molar-refractivity contribution in [2.24, 2.45) is 0 Å². The third-order valence-corrected chi connectivity index (χ3v) is 2.19. The predicted octanol–water partition coefficient (Wildman–Crippen LogP) is 3.33. The highest BCUT2D eigenvalue weighted by Crippen LogP contribution is 2.20. The topological polar surface area (TPSA) is 26.3 Å². The van der Waals surface area contributed by atoms with E-state index < -0.39 is 5.24 Å². The van der Waals surface area contributed by atoms with Crippen molar-refractivity contribution in [2.45, 2.75) is 13.8 Å². The fourth-order valence-corrected chi connectivity index (χ4v) is 1.29. The zero-order valence-electron chi connectivity index (χ0n) is 8.79. The van der Waals surface area contributed by atoms with Gasteiger partial charge in [0.2, 0.25) is 0 Å². The van der Waals surface area contributed by atoms with Crippen LogP contribution in [-0.4, -0.2) is 11.8 Å². The fourth-order valence-electron chi connectivity index (χ4n) is 1.17. The van der Waals surface area contributed by atoms with Crippen molar-refractivity contribution in [1.82, 2.24) is 0 Å². The van der Waals surface area contributed by atoms with Crippen molar-refractivity contribution < 1.29 is 9.53 Å². The van der Waals surface area contributed by atoms with E-state index in [1.807, 2.05) is 26.0 Å². The summed E-state index contributed by atoms with van der Waals surface area (Å²) in [4.78, 5) is 10.9. The van der Waals surface area contributed by atoms with E-state index in [0.29, 0.717) is 12.2 Å². The number of carbonyl (C=O) groups excluding carboxylic acids is 1. The van der Waals surface area contributed by atoms with Crippen molar-refractivity contribution in [2.75, 3.05) is 6.61 Å². The molecular weight excluding hydrogens is 212 g/mol. The number of aryl methyl sites for hydroxylation is 1. The number of hydrogen-bond acceptors (Lipinski definition) is 2. The maximum absolute atomic E-state index is 10.9. The van der Waals surface area contributed by atoms with E-state index in [2.05, 4.69) is 0 Å². The normalized spacial score (nSPS) is 10.6. The van der Waals surface area contributed by atoms with Crippen LogP contribution >= 0.6 is 11.6 Å². The molecule has 80 valence electrons. The van der Waals surface area contributed by atoms with Crippen LogP contribution in [0.1, 0.15) is 22.8 Å². The van der Waals surface area contributed by atoms with Crippen LogP contribution in [0.3, 0.4) is 0 Å². The molecule has 2 nitrogen and oxygen atoms in total. The van der Waals surface area contributed by atoms with Gasteiger partial charge in [-0.15, -0.1) is 0 Å². The lowest BCUT2D eigenvalue weighted by Crippen LogP contribution is -1.97. The predicted molar refractivity (Wildman–Crippen MR) is 61.7 cm³/mol. The molecule has 0 saturated carbocycles. The Labute approximate surface area is 94.5 Å². The summed E-state index contributed by atoms with van der Waals surface area (Å²) in [6, 6.07) is 5.14. The number of rotatable bonds is 4. The third kappa shape index (κ3) is 3.40. The van der Waals surface area contributed by atoms with E-state index in [1.165, 1.54) is 0 Å². The Morgan fingerprint density at radius 1 is 1.53 bits per heavy atom. The largest absolute Gasteiger partial charge is 0.489 e. The van der Waals surface area contributed by atoms with E-state index >= 15 is 0 Å². The molecule has 0 radical (unpaired) electrons. The van der Waals surface area contributed by atoms with Crippen LogP contribution in [0.15, 0.2) is 30.4 Å². The minimum atomic E-state index is -0.446. The average Bonchev–Trinajstić information content (AvgIpc) is 2.20. The SMILES string of the molecule is CC=CCOc1ccc(C(=O)Cl)cc1C. The summed E-state index contributed by atoms with van der Waals surface area (Å²) in [5.74, 6) is 0.773. The maximum Gasteiger partial charge on any atom is 0.252 e. The number of benzene rings is 1. The number of halogens is 1. The molecule has 0 aromatic heterocycles. The first-order valence-corrected chi connectivity index (χ1v) is 5.07. The minimum Gasteiger partial charge on any atom is -0.489 e. The second kappa shape index (κ2) is 5.56. The van der Waals surface area contributed by atoms with Crippen LogP contribution in [0.5, 0.6) is 5.75 Å². The number of carbonyl (C=O) groups is 1. The van der Waals surface area contributed by atoms with Crippen LogP contribution in [0.2, 0.25) is 0 Å². The van der Waals surface area contributed by atoms with Crippen molar-refractivity contribution in [3.8, 4) is 5.75 Å². The highest BCUT2D eigenvalue weighted by Gasteiger charge is 2.04. The molecule has 0 amide bonds. The van der Waals surface area contributed by atoms with Gasteiger partial charge in [0.25, 0.3) is 5.24 Å². The fraction of sp³-hybridized carbons (Fsp3) is 0.250. The summed E-state index contributed by atoms with van der Waals surface area (Å²) < 4.78 is 5.47. The minimum absolute atomic E-state index is 0.446. The molecule has 0 aliphatic heterocycles. The number of hydrogen-bond donors (Lipinski definition) is 0. The van der Waals surface area contributed by atoms with E-state index in [4.69, 9.17) is 16.3 Å². The van der Waals surface area contributed by atoms with E-state index in [0.717, 1.165) is 11.3 Å². The summed E-state index contributed by atoms with van der Waals surface area (Å²) in [5.41, 5.74) is 1.40. The first kappa shape index (κ1) is 11.8. The van der Waals surface area contributed by atoms with E-state index in [-0.39, 0.29) is 0 Å². The van der Waals surface area contributed by atoms with Gasteiger partial charge in [0.1, 0.15) is 12.4 Å². The second-order valence-electron chi connectivity index (χ2n) is 3.13. The molecule has 1 aromatic carbocycles. The van der Waals surface area contributed by atoms with Gasteiger partial charge in [-0.05, 0) is 49.2 Å². The molecule has 0 aliphatic carbocycles. The van der Waals surface area contributed by atoms with Gasteiger partial charge in [-0.2, -0.15) is 0 Å². The van der Waals surface area contributed by atoms with Gasteiger partial charge in [0, 0.05) is 5.56 Å². The molecule has 3 heteroatoms. The highest BCUT2D eigenvalue weighted by atomic mass is 35.5. The average molecular weight is 225 g/mol. The summed E-state index contributed by atoms with van der Waals surface area (Å²) in [7, 11) is 0. The molecule has 15 heavy (non-hydrogen) atoms. The maximum atomic E-state index is 10.9. The van der Waals surface area contributed by atoms with Gasteiger partial charge in [-0.1, -0.05) is 12.2 Å². The number of ether oxygens (including phenoxy) is 1. The van der Waals surface area contributed by atoms with Gasteiger partial charge in [-0.25, -0.2) is 0 Å². The Hall–Kier alpha value is -1.28. The summed E-state index contributed by atoms with van der Waals surface area (Å²) >= 11 is 5.36. The molecule has 0 aliphatic rings. The Bertz CT molecular complexity index is 383. The van der Waals surface area contributed by atoms with Gasteiger partial charge in [0.15, 0.2) is 0 Å². The molecule has 0 fully saturated rings. The molecule has 0 N–H and O–H groups in total. The van der Waals surface area contributed by atoms with Crippen LogP contribution in [0.4, 0.5) is 0 Å². The number of allylic oxidation sites excluding steroid dienone is 1. The molecule has 0 unspecified atom stereocenters. The van der Waals surface area contributed by atoms with Crippen LogP contribution in [0.25, 0.3) is 0 Å². The Balaban J connectivity index is 2.79. The molecule has 0 saturated heterocycles.